The summed E-state index contributed by atoms with van der Waals surface area (Å²) in [5.41, 5.74) is 3.85. The molecular weight excluding hydrogens is 331 g/mol. The van der Waals surface area contributed by atoms with Crippen molar-refractivity contribution in [1.82, 2.24) is 20.0 Å². The number of aliphatic hydroxyl groups excluding tert-OH is 1. The predicted molar refractivity (Wildman–Crippen MR) is 95.8 cm³/mol. The van der Waals surface area contributed by atoms with Crippen molar-refractivity contribution in [2.75, 3.05) is 0 Å². The van der Waals surface area contributed by atoms with Crippen molar-refractivity contribution in [1.29, 1.82) is 0 Å². The van der Waals surface area contributed by atoms with Crippen molar-refractivity contribution >= 4 is 0 Å². The predicted octanol–water partition coefficient (Wildman–Crippen LogP) is 3.53. The maximum atomic E-state index is 13.6. The molecule has 1 N–H and O–H groups in total. The highest BCUT2D eigenvalue weighted by molar-refractivity contribution is 5.67. The van der Waals surface area contributed by atoms with Gasteiger partial charge in [-0.15, -0.1) is 5.10 Å². The highest BCUT2D eigenvalue weighted by Crippen LogP contribution is 2.32. The van der Waals surface area contributed by atoms with E-state index in [1.165, 1.54) is 25.0 Å². The minimum absolute atomic E-state index is 0.370. The van der Waals surface area contributed by atoms with E-state index in [1.807, 2.05) is 23.0 Å². The van der Waals surface area contributed by atoms with Crippen molar-refractivity contribution in [3.63, 3.8) is 0 Å². The summed E-state index contributed by atoms with van der Waals surface area (Å²) in [4.78, 5) is 4.49. The lowest BCUT2D eigenvalue weighted by molar-refractivity contribution is 0.199. The second-order valence-corrected chi connectivity index (χ2v) is 6.97. The van der Waals surface area contributed by atoms with Crippen LogP contribution in [0.15, 0.2) is 42.7 Å². The molecule has 1 atom stereocenters. The van der Waals surface area contributed by atoms with E-state index < -0.39 is 6.10 Å². The maximum absolute atomic E-state index is 13.6. The normalized spacial score (nSPS) is 15.2. The van der Waals surface area contributed by atoms with Crippen LogP contribution in [0.4, 0.5) is 4.39 Å². The van der Waals surface area contributed by atoms with Gasteiger partial charge in [0.2, 0.25) is 0 Å². The minimum atomic E-state index is -0.782. The van der Waals surface area contributed by atoms with E-state index in [4.69, 9.17) is 0 Å². The Labute approximate surface area is 151 Å². The van der Waals surface area contributed by atoms with Crippen LogP contribution in [0, 0.1) is 11.7 Å². The molecule has 0 saturated heterocycles. The Hall–Kier alpha value is -2.60. The summed E-state index contributed by atoms with van der Waals surface area (Å²) in [6, 6.07) is 8.29. The Kier molecular flexibility index (Phi) is 4.51. The molecule has 2 heterocycles. The maximum Gasteiger partial charge on any atom is 0.123 e. The number of aliphatic hydroxyl groups is 1. The van der Waals surface area contributed by atoms with Crippen LogP contribution in [0.25, 0.3) is 11.3 Å². The molecule has 1 aliphatic carbocycles. The third-order valence-electron chi connectivity index (χ3n) is 4.71. The van der Waals surface area contributed by atoms with Gasteiger partial charge in [-0.3, -0.25) is 9.67 Å². The zero-order valence-electron chi connectivity index (χ0n) is 14.6. The first-order valence-corrected chi connectivity index (χ1v) is 8.91. The van der Waals surface area contributed by atoms with Crippen molar-refractivity contribution in [3.8, 4) is 11.3 Å². The van der Waals surface area contributed by atoms with Gasteiger partial charge in [0.1, 0.15) is 5.82 Å². The van der Waals surface area contributed by atoms with Gasteiger partial charge in [-0.05, 0) is 61.1 Å². The molecule has 4 rings (SSSR count). The van der Waals surface area contributed by atoms with E-state index in [0.717, 1.165) is 35.0 Å². The average molecular weight is 352 g/mol. The van der Waals surface area contributed by atoms with Gasteiger partial charge in [0.15, 0.2) is 0 Å². The van der Waals surface area contributed by atoms with Gasteiger partial charge >= 0.3 is 0 Å². The molecule has 3 aromatic rings. The number of benzene rings is 1. The molecule has 134 valence electrons. The first-order valence-electron chi connectivity index (χ1n) is 8.91. The van der Waals surface area contributed by atoms with Crippen molar-refractivity contribution in [2.24, 2.45) is 5.92 Å². The Bertz CT molecular complexity index is 918. The summed E-state index contributed by atoms with van der Waals surface area (Å²) < 4.78 is 15.5. The molecule has 2 aromatic heterocycles. The number of pyridine rings is 1. The molecule has 1 fully saturated rings. The van der Waals surface area contributed by atoms with Crippen LogP contribution < -0.4 is 0 Å². The van der Waals surface area contributed by atoms with Gasteiger partial charge in [-0.2, -0.15) is 0 Å². The third-order valence-corrected chi connectivity index (χ3v) is 4.71. The summed E-state index contributed by atoms with van der Waals surface area (Å²) in [6.07, 6.45) is 6.04. The number of hydrogen-bond acceptors (Lipinski definition) is 4. The molecular formula is C20H21FN4O. The number of rotatable bonds is 6. The molecule has 1 aliphatic rings. The van der Waals surface area contributed by atoms with Crippen LogP contribution >= 0.6 is 0 Å². The van der Waals surface area contributed by atoms with Crippen LogP contribution in [0.2, 0.25) is 0 Å². The molecule has 0 spiro atoms. The van der Waals surface area contributed by atoms with Crippen LogP contribution in [0.5, 0.6) is 0 Å². The average Bonchev–Trinajstić information content (AvgIpc) is 3.33. The Balaban J connectivity index is 1.66. The SMILES string of the molecule is C[C@@H](O)c1cc(F)ccc1-c1ncccc1Cc1cn(CC2CC2)nn1. The molecule has 1 saturated carbocycles. The van der Waals surface area contributed by atoms with Crippen LogP contribution in [0.1, 0.15) is 42.7 Å². The Morgan fingerprint density at radius 1 is 1.31 bits per heavy atom. The fraction of sp³-hybridized carbons (Fsp3) is 0.350. The zero-order valence-corrected chi connectivity index (χ0v) is 14.6. The smallest absolute Gasteiger partial charge is 0.123 e. The third kappa shape index (κ3) is 3.65. The van der Waals surface area contributed by atoms with Gasteiger partial charge in [-0.1, -0.05) is 11.3 Å². The van der Waals surface area contributed by atoms with Gasteiger partial charge in [0.25, 0.3) is 0 Å². The standard InChI is InChI=1S/C20H21FN4O/c1-13(26)19-10-16(21)6-7-18(19)20-15(3-2-8-22-20)9-17-12-25(24-23-17)11-14-4-5-14/h2-3,6-8,10,12-14,26H,4-5,9,11H2,1H3/t13-/m1/s1. The molecule has 6 heteroatoms. The first kappa shape index (κ1) is 16.8. The minimum Gasteiger partial charge on any atom is -0.389 e. The van der Waals surface area contributed by atoms with E-state index in [0.29, 0.717) is 12.0 Å². The van der Waals surface area contributed by atoms with Crippen molar-refractivity contribution in [2.45, 2.75) is 38.8 Å². The van der Waals surface area contributed by atoms with Gasteiger partial charge in [-0.25, -0.2) is 4.39 Å². The lowest BCUT2D eigenvalue weighted by atomic mass is 9.95. The van der Waals surface area contributed by atoms with Gasteiger partial charge in [0.05, 0.1) is 17.5 Å². The number of nitrogens with zero attached hydrogens (tertiary/aromatic N) is 4. The number of hydrogen-bond donors (Lipinski definition) is 1. The Morgan fingerprint density at radius 3 is 2.92 bits per heavy atom. The molecule has 0 amide bonds. The summed E-state index contributed by atoms with van der Waals surface area (Å²) in [7, 11) is 0. The highest BCUT2D eigenvalue weighted by Gasteiger charge is 2.22. The van der Waals surface area contributed by atoms with E-state index in [1.54, 1.807) is 19.2 Å². The van der Waals surface area contributed by atoms with E-state index in [2.05, 4.69) is 15.3 Å². The quantitative estimate of drug-likeness (QED) is 0.737. The topological polar surface area (TPSA) is 63.8 Å². The van der Waals surface area contributed by atoms with Crippen LogP contribution in [-0.2, 0) is 13.0 Å². The van der Waals surface area contributed by atoms with Crippen molar-refractivity contribution in [3.05, 3.63) is 65.4 Å². The molecule has 1 aromatic carbocycles. The molecule has 0 radical (unpaired) electrons. The summed E-state index contributed by atoms with van der Waals surface area (Å²) in [6.45, 7) is 2.56. The highest BCUT2D eigenvalue weighted by atomic mass is 19.1. The summed E-state index contributed by atoms with van der Waals surface area (Å²) >= 11 is 0. The van der Waals surface area contributed by atoms with E-state index in [-0.39, 0.29) is 5.82 Å². The number of halogens is 1. The molecule has 5 nitrogen and oxygen atoms in total. The van der Waals surface area contributed by atoms with Crippen molar-refractivity contribution < 1.29 is 9.50 Å². The summed E-state index contributed by atoms with van der Waals surface area (Å²) in [5, 5.41) is 18.5. The fourth-order valence-corrected chi connectivity index (χ4v) is 3.19. The monoisotopic (exact) mass is 352 g/mol. The second-order valence-electron chi connectivity index (χ2n) is 6.97. The molecule has 0 unspecified atom stereocenters. The lowest BCUT2D eigenvalue weighted by Crippen LogP contribution is -2.01. The second kappa shape index (κ2) is 6.96. The molecule has 26 heavy (non-hydrogen) atoms. The van der Waals surface area contributed by atoms with Gasteiger partial charge in [0, 0.05) is 30.9 Å². The Morgan fingerprint density at radius 2 is 2.15 bits per heavy atom. The van der Waals surface area contributed by atoms with Crippen LogP contribution in [0.3, 0.4) is 0 Å². The first-order chi connectivity index (χ1) is 12.6. The van der Waals surface area contributed by atoms with Gasteiger partial charge < -0.3 is 5.11 Å². The largest absolute Gasteiger partial charge is 0.389 e. The lowest BCUT2D eigenvalue weighted by Gasteiger charge is -2.14. The van der Waals surface area contributed by atoms with E-state index in [9.17, 15) is 9.50 Å². The molecule has 0 bridgehead atoms. The fourth-order valence-electron chi connectivity index (χ4n) is 3.19. The van der Waals surface area contributed by atoms with E-state index >= 15 is 0 Å². The summed E-state index contributed by atoms with van der Waals surface area (Å²) in [5.74, 6) is 0.372. The zero-order chi connectivity index (χ0) is 18.1. The molecule has 0 aliphatic heterocycles. The van der Waals surface area contributed by atoms with Crippen LogP contribution in [-0.4, -0.2) is 25.1 Å². The number of aromatic nitrogens is 4.